The lowest BCUT2D eigenvalue weighted by Crippen LogP contribution is -2.30. The Hall–Kier alpha value is -1.57. The van der Waals surface area contributed by atoms with E-state index in [-0.39, 0.29) is 5.78 Å². The molecule has 1 aromatic rings. The number of Topliss-reactive ketones (excluding diaryl/α,β-unsaturated/α-hetero) is 1. The molecule has 96 valence electrons. The largest absolute Gasteiger partial charge is 0.366 e. The SMILES string of the molecule is CCc1ccc(C(=O)C2=CCCN2C(C)C)cc1. The highest BCUT2D eigenvalue weighted by molar-refractivity contribution is 6.08. The molecule has 2 rings (SSSR count). The molecule has 0 saturated heterocycles. The molecule has 0 spiro atoms. The Labute approximate surface area is 109 Å². The molecule has 0 aromatic heterocycles. The van der Waals surface area contributed by atoms with Gasteiger partial charge in [0.1, 0.15) is 0 Å². The second kappa shape index (κ2) is 5.38. The number of hydrogen-bond acceptors (Lipinski definition) is 2. The van der Waals surface area contributed by atoms with Crippen molar-refractivity contribution in [3.63, 3.8) is 0 Å². The number of carbonyl (C=O) groups excluding carboxylic acids is 1. The minimum Gasteiger partial charge on any atom is -0.366 e. The molecule has 2 nitrogen and oxygen atoms in total. The number of benzene rings is 1. The molecule has 0 N–H and O–H groups in total. The summed E-state index contributed by atoms with van der Waals surface area (Å²) in [6, 6.07) is 8.36. The van der Waals surface area contributed by atoms with Crippen LogP contribution in [0.4, 0.5) is 0 Å². The summed E-state index contributed by atoms with van der Waals surface area (Å²) >= 11 is 0. The molecule has 0 radical (unpaired) electrons. The van der Waals surface area contributed by atoms with Crippen LogP contribution in [0.2, 0.25) is 0 Å². The van der Waals surface area contributed by atoms with Gasteiger partial charge in [-0.1, -0.05) is 37.3 Å². The summed E-state index contributed by atoms with van der Waals surface area (Å²) in [7, 11) is 0. The first-order valence-electron chi connectivity index (χ1n) is 6.74. The van der Waals surface area contributed by atoms with E-state index in [1.807, 2.05) is 24.3 Å². The van der Waals surface area contributed by atoms with Crippen molar-refractivity contribution in [1.29, 1.82) is 0 Å². The van der Waals surface area contributed by atoms with Crippen molar-refractivity contribution in [2.45, 2.75) is 39.7 Å². The van der Waals surface area contributed by atoms with E-state index in [0.717, 1.165) is 30.6 Å². The highest BCUT2D eigenvalue weighted by Crippen LogP contribution is 2.22. The van der Waals surface area contributed by atoms with Gasteiger partial charge in [-0.2, -0.15) is 0 Å². The molecule has 1 aliphatic rings. The second-order valence-corrected chi connectivity index (χ2v) is 5.04. The first-order valence-corrected chi connectivity index (χ1v) is 6.74. The lowest BCUT2D eigenvalue weighted by atomic mass is 10.0. The maximum Gasteiger partial charge on any atom is 0.208 e. The van der Waals surface area contributed by atoms with Crippen LogP contribution in [-0.2, 0) is 6.42 Å². The van der Waals surface area contributed by atoms with Gasteiger partial charge in [0, 0.05) is 18.2 Å². The van der Waals surface area contributed by atoms with Gasteiger partial charge >= 0.3 is 0 Å². The summed E-state index contributed by atoms with van der Waals surface area (Å²) in [5.74, 6) is 0.156. The van der Waals surface area contributed by atoms with E-state index in [1.54, 1.807) is 0 Å². The molecule has 0 unspecified atom stereocenters. The van der Waals surface area contributed by atoms with Crippen molar-refractivity contribution >= 4 is 5.78 Å². The molecule has 1 aromatic carbocycles. The summed E-state index contributed by atoms with van der Waals surface area (Å²) in [6.45, 7) is 7.35. The first kappa shape index (κ1) is 12.9. The van der Waals surface area contributed by atoms with Crippen molar-refractivity contribution < 1.29 is 4.79 Å². The maximum absolute atomic E-state index is 12.5. The lowest BCUT2D eigenvalue weighted by molar-refractivity contribution is 0.0987. The topological polar surface area (TPSA) is 20.3 Å². The van der Waals surface area contributed by atoms with Crippen LogP contribution in [0.15, 0.2) is 36.0 Å². The van der Waals surface area contributed by atoms with Gasteiger partial charge in [0.25, 0.3) is 0 Å². The molecule has 0 atom stereocenters. The molecule has 1 aliphatic heterocycles. The molecule has 1 heterocycles. The molecular formula is C16H21NO. The number of hydrogen-bond donors (Lipinski definition) is 0. The minimum absolute atomic E-state index is 0.156. The van der Waals surface area contributed by atoms with Crippen molar-refractivity contribution in [2.75, 3.05) is 6.54 Å². The van der Waals surface area contributed by atoms with Gasteiger partial charge in [-0.3, -0.25) is 4.79 Å². The Bertz CT molecular complexity index is 456. The number of ketones is 1. The third-order valence-electron chi connectivity index (χ3n) is 3.50. The maximum atomic E-state index is 12.5. The zero-order chi connectivity index (χ0) is 13.1. The Kier molecular flexibility index (Phi) is 3.85. The molecule has 0 aliphatic carbocycles. The zero-order valence-corrected chi connectivity index (χ0v) is 11.4. The smallest absolute Gasteiger partial charge is 0.208 e. The van der Waals surface area contributed by atoms with Gasteiger partial charge in [-0.15, -0.1) is 0 Å². The van der Waals surface area contributed by atoms with E-state index in [0.29, 0.717) is 6.04 Å². The van der Waals surface area contributed by atoms with E-state index in [1.165, 1.54) is 5.56 Å². The summed E-state index contributed by atoms with van der Waals surface area (Å²) in [5, 5.41) is 0. The average molecular weight is 243 g/mol. The number of aryl methyl sites for hydroxylation is 1. The Balaban J connectivity index is 2.20. The van der Waals surface area contributed by atoms with Crippen LogP contribution in [0.25, 0.3) is 0 Å². The molecule has 0 saturated carbocycles. The number of allylic oxidation sites excluding steroid dienone is 1. The molecule has 18 heavy (non-hydrogen) atoms. The summed E-state index contributed by atoms with van der Waals surface area (Å²) in [6.07, 6.45) is 4.05. The van der Waals surface area contributed by atoms with E-state index < -0.39 is 0 Å². The number of rotatable bonds is 4. The van der Waals surface area contributed by atoms with E-state index in [2.05, 4.69) is 31.7 Å². The van der Waals surface area contributed by atoms with Crippen LogP contribution in [0.1, 0.15) is 43.1 Å². The Morgan fingerprint density at radius 2 is 1.94 bits per heavy atom. The van der Waals surface area contributed by atoms with Gasteiger partial charge in [0.15, 0.2) is 0 Å². The summed E-state index contributed by atoms with van der Waals surface area (Å²) in [5.41, 5.74) is 2.94. The molecule has 0 bridgehead atoms. The zero-order valence-electron chi connectivity index (χ0n) is 11.4. The van der Waals surface area contributed by atoms with Gasteiger partial charge in [0.05, 0.1) is 5.70 Å². The minimum atomic E-state index is 0.156. The van der Waals surface area contributed by atoms with Crippen molar-refractivity contribution in [3.05, 3.63) is 47.2 Å². The second-order valence-electron chi connectivity index (χ2n) is 5.04. The third kappa shape index (κ3) is 2.47. The Morgan fingerprint density at radius 3 is 2.50 bits per heavy atom. The van der Waals surface area contributed by atoms with Crippen LogP contribution in [0.3, 0.4) is 0 Å². The fraction of sp³-hybridized carbons (Fsp3) is 0.438. The third-order valence-corrected chi connectivity index (χ3v) is 3.50. The molecular weight excluding hydrogens is 222 g/mol. The normalized spacial score (nSPS) is 15.1. The van der Waals surface area contributed by atoms with Crippen molar-refractivity contribution in [1.82, 2.24) is 4.90 Å². The molecule has 2 heteroatoms. The first-order chi connectivity index (χ1) is 8.63. The van der Waals surface area contributed by atoms with Crippen molar-refractivity contribution in [3.8, 4) is 0 Å². The average Bonchev–Trinajstić information content (AvgIpc) is 2.87. The predicted molar refractivity (Wildman–Crippen MR) is 74.7 cm³/mol. The predicted octanol–water partition coefficient (Wildman–Crippen LogP) is 3.43. The van der Waals surface area contributed by atoms with E-state index in [9.17, 15) is 4.79 Å². The van der Waals surface area contributed by atoms with E-state index >= 15 is 0 Å². The van der Waals surface area contributed by atoms with Crippen LogP contribution in [-0.4, -0.2) is 23.3 Å². The van der Waals surface area contributed by atoms with E-state index in [4.69, 9.17) is 0 Å². The highest BCUT2D eigenvalue weighted by atomic mass is 16.1. The Morgan fingerprint density at radius 1 is 1.28 bits per heavy atom. The van der Waals surface area contributed by atoms with Gasteiger partial charge < -0.3 is 4.90 Å². The molecule has 0 fully saturated rings. The summed E-state index contributed by atoms with van der Waals surface area (Å²) in [4.78, 5) is 14.6. The van der Waals surface area contributed by atoms with Crippen LogP contribution in [0.5, 0.6) is 0 Å². The number of carbonyl (C=O) groups is 1. The standard InChI is InChI=1S/C16H21NO/c1-4-13-7-9-14(10-8-13)16(18)15-6-5-11-17(15)12(2)3/h6-10,12H,4-5,11H2,1-3H3. The van der Waals surface area contributed by atoms with Gasteiger partial charge in [0.2, 0.25) is 5.78 Å². The van der Waals surface area contributed by atoms with Crippen LogP contribution in [0, 0.1) is 0 Å². The quantitative estimate of drug-likeness (QED) is 0.755. The fourth-order valence-corrected chi connectivity index (χ4v) is 2.38. The van der Waals surface area contributed by atoms with Crippen LogP contribution >= 0.6 is 0 Å². The lowest BCUT2D eigenvalue weighted by Gasteiger charge is -2.25. The van der Waals surface area contributed by atoms with Crippen LogP contribution < -0.4 is 0 Å². The monoisotopic (exact) mass is 243 g/mol. The fourth-order valence-electron chi connectivity index (χ4n) is 2.38. The van der Waals surface area contributed by atoms with Gasteiger partial charge in [-0.25, -0.2) is 0 Å². The summed E-state index contributed by atoms with van der Waals surface area (Å²) < 4.78 is 0. The highest BCUT2D eigenvalue weighted by Gasteiger charge is 2.24. The van der Waals surface area contributed by atoms with Gasteiger partial charge in [-0.05, 0) is 32.3 Å². The number of nitrogens with zero attached hydrogens (tertiary/aromatic N) is 1. The van der Waals surface area contributed by atoms with Crippen molar-refractivity contribution in [2.24, 2.45) is 0 Å². The molecule has 0 amide bonds.